The van der Waals surface area contributed by atoms with Crippen LogP contribution in [-0.2, 0) is 9.05 Å². The number of nitrogens with one attached hydrogen (secondary N) is 1. The first-order valence-electron chi connectivity index (χ1n) is 6.47. The zero-order valence-corrected chi connectivity index (χ0v) is 14.7. The van der Waals surface area contributed by atoms with Crippen molar-refractivity contribution in [3.63, 3.8) is 0 Å². The average Bonchev–Trinajstić information content (AvgIpc) is 2.35. The van der Waals surface area contributed by atoms with Crippen molar-refractivity contribution >= 4 is 37.2 Å². The molecule has 21 heavy (non-hydrogen) atoms. The van der Waals surface area contributed by atoms with Gasteiger partial charge in [0, 0.05) is 17.2 Å². The lowest BCUT2D eigenvalue weighted by Gasteiger charge is -2.29. The fourth-order valence-electron chi connectivity index (χ4n) is 1.44. The molecular weight excluding hydrogens is 333 g/mol. The SMILES string of the molecule is CC(C)C(C)(C)CNC(=O)c1cc(S(=O)(=O)Cl)ccc1Cl. The summed E-state index contributed by atoms with van der Waals surface area (Å²) in [6.07, 6.45) is 0. The van der Waals surface area contributed by atoms with Crippen molar-refractivity contribution in [2.24, 2.45) is 11.3 Å². The molecule has 0 bridgehead atoms. The largest absolute Gasteiger partial charge is 0.351 e. The summed E-state index contributed by atoms with van der Waals surface area (Å²) in [5.74, 6) is -0.0429. The molecule has 0 fully saturated rings. The van der Waals surface area contributed by atoms with Gasteiger partial charge in [-0.2, -0.15) is 0 Å². The van der Waals surface area contributed by atoms with E-state index in [0.29, 0.717) is 12.5 Å². The Labute approximate surface area is 135 Å². The summed E-state index contributed by atoms with van der Waals surface area (Å²) in [7, 11) is 1.38. The highest BCUT2D eigenvalue weighted by Crippen LogP contribution is 2.26. The van der Waals surface area contributed by atoms with Gasteiger partial charge in [0.25, 0.3) is 15.0 Å². The smallest absolute Gasteiger partial charge is 0.261 e. The molecular formula is C14H19Cl2NO3S. The van der Waals surface area contributed by atoms with Gasteiger partial charge in [-0.25, -0.2) is 8.42 Å². The maximum Gasteiger partial charge on any atom is 0.261 e. The minimum atomic E-state index is -3.90. The van der Waals surface area contributed by atoms with Crippen LogP contribution >= 0.6 is 22.3 Å². The fraction of sp³-hybridized carbons (Fsp3) is 0.500. The number of hydrogen-bond donors (Lipinski definition) is 1. The van der Waals surface area contributed by atoms with Crippen LogP contribution in [-0.4, -0.2) is 20.9 Å². The minimum absolute atomic E-state index is 0.0850. The maximum absolute atomic E-state index is 12.2. The molecule has 0 spiro atoms. The van der Waals surface area contributed by atoms with Crippen molar-refractivity contribution in [3.8, 4) is 0 Å². The number of carbonyl (C=O) groups is 1. The van der Waals surface area contributed by atoms with Crippen LogP contribution in [0.15, 0.2) is 23.1 Å². The molecule has 0 radical (unpaired) electrons. The number of amides is 1. The molecule has 0 saturated carbocycles. The summed E-state index contributed by atoms with van der Waals surface area (Å²) in [5, 5.41) is 2.96. The van der Waals surface area contributed by atoms with Crippen LogP contribution in [0.2, 0.25) is 5.02 Å². The molecule has 0 saturated heterocycles. The van der Waals surface area contributed by atoms with E-state index >= 15 is 0 Å². The standard InChI is InChI=1S/C14H19Cl2NO3S/c1-9(2)14(3,4)8-17-13(18)11-7-10(21(16,19)20)5-6-12(11)15/h5-7,9H,8H2,1-4H3,(H,17,18). The number of rotatable bonds is 5. The zero-order valence-electron chi connectivity index (χ0n) is 12.4. The second kappa shape index (κ2) is 6.55. The van der Waals surface area contributed by atoms with Crippen LogP contribution < -0.4 is 5.32 Å². The summed E-state index contributed by atoms with van der Waals surface area (Å²) in [6.45, 7) is 8.68. The Morgan fingerprint density at radius 2 is 1.90 bits per heavy atom. The van der Waals surface area contributed by atoms with Crippen molar-refractivity contribution in [2.45, 2.75) is 32.6 Å². The maximum atomic E-state index is 12.2. The number of benzene rings is 1. The fourth-order valence-corrected chi connectivity index (χ4v) is 2.42. The van der Waals surface area contributed by atoms with Gasteiger partial charge in [-0.1, -0.05) is 39.3 Å². The predicted octanol–water partition coefficient (Wildman–Crippen LogP) is 3.68. The Balaban J connectivity index is 2.98. The summed E-state index contributed by atoms with van der Waals surface area (Å²) in [4.78, 5) is 12.0. The molecule has 0 aliphatic rings. The van der Waals surface area contributed by atoms with Gasteiger partial charge >= 0.3 is 0 Å². The van der Waals surface area contributed by atoms with Crippen LogP contribution in [0.1, 0.15) is 38.1 Å². The van der Waals surface area contributed by atoms with E-state index in [9.17, 15) is 13.2 Å². The third-order valence-electron chi connectivity index (χ3n) is 3.73. The van der Waals surface area contributed by atoms with Gasteiger partial charge in [0.15, 0.2) is 0 Å². The second-order valence-electron chi connectivity index (χ2n) is 5.91. The van der Waals surface area contributed by atoms with Gasteiger partial charge in [-0.15, -0.1) is 0 Å². The summed E-state index contributed by atoms with van der Waals surface area (Å²) >= 11 is 5.95. The topological polar surface area (TPSA) is 63.2 Å². The van der Waals surface area contributed by atoms with Crippen LogP contribution in [0.3, 0.4) is 0 Å². The van der Waals surface area contributed by atoms with Gasteiger partial charge in [0.1, 0.15) is 0 Å². The van der Waals surface area contributed by atoms with Crippen LogP contribution in [0.5, 0.6) is 0 Å². The lowest BCUT2D eigenvalue weighted by atomic mass is 9.81. The molecule has 1 aromatic carbocycles. The van der Waals surface area contributed by atoms with E-state index < -0.39 is 15.0 Å². The first-order valence-corrected chi connectivity index (χ1v) is 9.16. The van der Waals surface area contributed by atoms with Gasteiger partial charge in [0.05, 0.1) is 15.5 Å². The van der Waals surface area contributed by atoms with Crippen molar-refractivity contribution in [2.75, 3.05) is 6.54 Å². The second-order valence-corrected chi connectivity index (χ2v) is 8.88. The molecule has 0 unspecified atom stereocenters. The van der Waals surface area contributed by atoms with Crippen molar-refractivity contribution in [1.29, 1.82) is 0 Å². The molecule has 0 atom stereocenters. The van der Waals surface area contributed by atoms with E-state index in [-0.39, 0.29) is 20.9 Å². The van der Waals surface area contributed by atoms with E-state index in [4.69, 9.17) is 22.3 Å². The normalized spacial score (nSPS) is 12.5. The van der Waals surface area contributed by atoms with Crippen LogP contribution in [0.25, 0.3) is 0 Å². The number of hydrogen-bond acceptors (Lipinski definition) is 3. The summed E-state index contributed by atoms with van der Waals surface area (Å²) in [6, 6.07) is 3.79. The van der Waals surface area contributed by atoms with Gasteiger partial charge in [-0.05, 0) is 29.5 Å². The summed E-state index contributed by atoms with van der Waals surface area (Å²) < 4.78 is 22.6. The van der Waals surface area contributed by atoms with Crippen molar-refractivity contribution in [1.82, 2.24) is 5.32 Å². The van der Waals surface area contributed by atoms with Crippen LogP contribution in [0.4, 0.5) is 0 Å². The highest BCUT2D eigenvalue weighted by molar-refractivity contribution is 8.13. The first kappa shape index (κ1) is 18.3. The lowest BCUT2D eigenvalue weighted by molar-refractivity contribution is 0.0924. The number of halogens is 2. The predicted molar refractivity (Wildman–Crippen MR) is 85.4 cm³/mol. The molecule has 4 nitrogen and oxygen atoms in total. The Morgan fingerprint density at radius 1 is 1.33 bits per heavy atom. The Kier molecular flexibility index (Phi) is 5.69. The summed E-state index contributed by atoms with van der Waals surface area (Å²) in [5.41, 5.74) is 0.0103. The van der Waals surface area contributed by atoms with E-state index in [1.807, 2.05) is 13.8 Å². The highest BCUT2D eigenvalue weighted by Gasteiger charge is 2.24. The van der Waals surface area contributed by atoms with Gasteiger partial charge in [-0.3, -0.25) is 4.79 Å². The molecule has 0 aromatic heterocycles. The molecule has 7 heteroatoms. The lowest BCUT2D eigenvalue weighted by Crippen LogP contribution is -2.37. The monoisotopic (exact) mass is 351 g/mol. The molecule has 0 aliphatic carbocycles. The number of carbonyl (C=O) groups excluding carboxylic acids is 1. The third-order valence-corrected chi connectivity index (χ3v) is 5.41. The minimum Gasteiger partial charge on any atom is -0.351 e. The molecule has 0 aliphatic heterocycles. The van der Waals surface area contributed by atoms with Crippen LogP contribution in [0, 0.1) is 11.3 Å². The third kappa shape index (κ3) is 4.87. The Morgan fingerprint density at radius 3 is 2.38 bits per heavy atom. The van der Waals surface area contributed by atoms with E-state index in [1.54, 1.807) is 0 Å². The van der Waals surface area contributed by atoms with Gasteiger partial charge in [0.2, 0.25) is 0 Å². The van der Waals surface area contributed by atoms with E-state index in [2.05, 4.69) is 19.2 Å². The Hall–Kier alpha value is -0.780. The molecule has 0 heterocycles. The van der Waals surface area contributed by atoms with E-state index in [1.165, 1.54) is 18.2 Å². The zero-order chi connectivity index (χ0) is 16.4. The van der Waals surface area contributed by atoms with Gasteiger partial charge < -0.3 is 5.32 Å². The first-order chi connectivity index (χ1) is 9.45. The average molecular weight is 352 g/mol. The molecule has 1 N–H and O–H groups in total. The van der Waals surface area contributed by atoms with E-state index in [0.717, 1.165) is 0 Å². The Bertz CT molecular complexity index is 640. The molecule has 1 rings (SSSR count). The van der Waals surface area contributed by atoms with Crippen molar-refractivity contribution in [3.05, 3.63) is 28.8 Å². The molecule has 118 valence electrons. The quantitative estimate of drug-likeness (QED) is 0.823. The molecule has 1 amide bonds. The van der Waals surface area contributed by atoms with Crippen molar-refractivity contribution < 1.29 is 13.2 Å². The molecule has 1 aromatic rings. The highest BCUT2D eigenvalue weighted by atomic mass is 35.7.